The van der Waals surface area contributed by atoms with Crippen LogP contribution in [0.4, 0.5) is 5.69 Å². The van der Waals surface area contributed by atoms with E-state index in [4.69, 9.17) is 0 Å². The van der Waals surface area contributed by atoms with Crippen molar-refractivity contribution in [3.63, 3.8) is 0 Å². The Balaban J connectivity index is 1.63. The molecule has 1 aromatic carbocycles. The molecule has 0 saturated heterocycles. The third-order valence-electron chi connectivity index (χ3n) is 5.42. The molecular weight excluding hydrogens is 372 g/mol. The predicted octanol–water partition coefficient (Wildman–Crippen LogP) is 3.54. The molecule has 3 aromatic rings. The lowest BCUT2D eigenvalue weighted by molar-refractivity contribution is -0.117. The largest absolute Gasteiger partial charge is 0.324 e. The minimum Gasteiger partial charge on any atom is -0.324 e. The van der Waals surface area contributed by atoms with Crippen molar-refractivity contribution in [2.45, 2.75) is 53.5 Å². The zero-order valence-electron chi connectivity index (χ0n) is 16.6. The standard InChI is InChI=1S/C21H24N4O2S/c1-11-5-6-15-16(9-11)28-20-18(15)21(27)25(24-23-20)10-17(26)22-19-13(3)7-12(2)8-14(19)4/h7-8,11H,5-6,9-10H2,1-4H3,(H,22,26). The molecule has 0 aliphatic heterocycles. The second kappa shape index (κ2) is 7.13. The van der Waals surface area contributed by atoms with Gasteiger partial charge < -0.3 is 5.32 Å². The van der Waals surface area contributed by atoms with E-state index >= 15 is 0 Å². The van der Waals surface area contributed by atoms with E-state index in [0.717, 1.165) is 47.2 Å². The Morgan fingerprint density at radius 1 is 1.29 bits per heavy atom. The number of thiophene rings is 1. The van der Waals surface area contributed by atoms with Gasteiger partial charge in [0.1, 0.15) is 6.54 Å². The van der Waals surface area contributed by atoms with Crippen molar-refractivity contribution in [2.24, 2.45) is 5.92 Å². The van der Waals surface area contributed by atoms with Crippen molar-refractivity contribution < 1.29 is 4.79 Å². The maximum absolute atomic E-state index is 13.0. The van der Waals surface area contributed by atoms with Crippen LogP contribution in [-0.2, 0) is 24.2 Å². The van der Waals surface area contributed by atoms with Gasteiger partial charge in [-0.2, -0.15) is 0 Å². The Morgan fingerprint density at radius 2 is 2.00 bits per heavy atom. The van der Waals surface area contributed by atoms with E-state index in [0.29, 0.717) is 16.1 Å². The molecule has 0 fully saturated rings. The van der Waals surface area contributed by atoms with Gasteiger partial charge in [-0.1, -0.05) is 29.8 Å². The number of aryl methyl sites for hydroxylation is 4. The average molecular weight is 397 g/mol. The Bertz CT molecular complexity index is 1120. The fraction of sp³-hybridized carbons (Fsp3) is 0.429. The SMILES string of the molecule is Cc1cc(C)c(NC(=O)Cn2nnc3sc4c(c3c2=O)CCC(C)C4)c(C)c1. The molecule has 2 heterocycles. The molecule has 0 saturated carbocycles. The van der Waals surface area contributed by atoms with Crippen molar-refractivity contribution in [2.75, 3.05) is 5.32 Å². The van der Waals surface area contributed by atoms with Crippen molar-refractivity contribution in [3.8, 4) is 0 Å². The number of benzene rings is 1. The van der Waals surface area contributed by atoms with Gasteiger partial charge in [0.25, 0.3) is 5.56 Å². The summed E-state index contributed by atoms with van der Waals surface area (Å²) in [6, 6.07) is 4.05. The van der Waals surface area contributed by atoms with Gasteiger partial charge in [0.15, 0.2) is 4.83 Å². The van der Waals surface area contributed by atoms with E-state index in [-0.39, 0.29) is 18.0 Å². The lowest BCUT2D eigenvalue weighted by Gasteiger charge is -2.17. The third-order valence-corrected chi connectivity index (χ3v) is 6.56. The smallest absolute Gasteiger partial charge is 0.279 e. The first-order chi connectivity index (χ1) is 13.3. The van der Waals surface area contributed by atoms with E-state index in [1.807, 2.05) is 32.9 Å². The molecule has 4 rings (SSSR count). The Hall–Kier alpha value is -2.54. The predicted molar refractivity (Wildman–Crippen MR) is 112 cm³/mol. The van der Waals surface area contributed by atoms with Crippen LogP contribution >= 0.6 is 11.3 Å². The molecule has 0 bridgehead atoms. The number of fused-ring (bicyclic) bond motifs is 3. The van der Waals surface area contributed by atoms with Crippen LogP contribution in [0.3, 0.4) is 0 Å². The van der Waals surface area contributed by atoms with Crippen molar-refractivity contribution >= 4 is 33.1 Å². The summed E-state index contributed by atoms with van der Waals surface area (Å²) in [6.07, 6.45) is 2.96. The number of carbonyl (C=O) groups is 1. The lowest BCUT2D eigenvalue weighted by atomic mass is 9.89. The molecule has 146 valence electrons. The minimum absolute atomic E-state index is 0.143. The topological polar surface area (TPSA) is 76.9 Å². The van der Waals surface area contributed by atoms with E-state index in [1.165, 1.54) is 9.56 Å². The van der Waals surface area contributed by atoms with Gasteiger partial charge in [-0.3, -0.25) is 9.59 Å². The van der Waals surface area contributed by atoms with Crippen molar-refractivity contribution in [1.82, 2.24) is 15.0 Å². The number of amides is 1. The average Bonchev–Trinajstić information content (AvgIpc) is 2.98. The number of anilines is 1. The normalized spacial score (nSPS) is 16.2. The summed E-state index contributed by atoms with van der Waals surface area (Å²) >= 11 is 1.57. The zero-order chi connectivity index (χ0) is 20.0. The molecule has 1 N–H and O–H groups in total. The Labute approximate surface area is 167 Å². The molecule has 1 atom stereocenters. The molecule has 1 aliphatic rings. The summed E-state index contributed by atoms with van der Waals surface area (Å²) in [5.41, 5.74) is 4.83. The van der Waals surface area contributed by atoms with Crippen LogP contribution < -0.4 is 10.9 Å². The molecule has 28 heavy (non-hydrogen) atoms. The van der Waals surface area contributed by atoms with Gasteiger partial charge in [0.05, 0.1) is 5.39 Å². The maximum atomic E-state index is 13.0. The summed E-state index contributed by atoms with van der Waals surface area (Å²) in [6.45, 7) is 8.04. The summed E-state index contributed by atoms with van der Waals surface area (Å²) in [5, 5.41) is 11.8. The summed E-state index contributed by atoms with van der Waals surface area (Å²) in [7, 11) is 0. The second-order valence-electron chi connectivity index (χ2n) is 7.91. The quantitative estimate of drug-likeness (QED) is 0.735. The van der Waals surface area contributed by atoms with E-state index in [1.54, 1.807) is 11.3 Å². The molecule has 0 radical (unpaired) electrons. The van der Waals surface area contributed by atoms with Crippen molar-refractivity contribution in [1.29, 1.82) is 0 Å². The van der Waals surface area contributed by atoms with Gasteiger partial charge >= 0.3 is 0 Å². The van der Waals surface area contributed by atoms with Crippen LogP contribution in [-0.4, -0.2) is 20.9 Å². The van der Waals surface area contributed by atoms with Crippen LogP contribution in [0.25, 0.3) is 10.2 Å². The number of nitrogens with one attached hydrogen (secondary N) is 1. The van der Waals surface area contributed by atoms with Crippen molar-refractivity contribution in [3.05, 3.63) is 49.6 Å². The van der Waals surface area contributed by atoms with Crippen LogP contribution in [0.1, 0.15) is 40.5 Å². The number of hydrogen-bond acceptors (Lipinski definition) is 5. The maximum Gasteiger partial charge on any atom is 0.279 e. The first-order valence-electron chi connectivity index (χ1n) is 9.59. The highest BCUT2D eigenvalue weighted by atomic mass is 32.1. The second-order valence-corrected chi connectivity index (χ2v) is 8.99. The molecule has 1 unspecified atom stereocenters. The highest BCUT2D eigenvalue weighted by Gasteiger charge is 2.24. The Kier molecular flexibility index (Phi) is 4.79. The third kappa shape index (κ3) is 3.35. The summed E-state index contributed by atoms with van der Waals surface area (Å²) in [5.74, 6) is 0.353. The Morgan fingerprint density at radius 3 is 2.71 bits per heavy atom. The number of aromatic nitrogens is 3. The monoisotopic (exact) mass is 396 g/mol. The van der Waals surface area contributed by atoms with Gasteiger partial charge in [-0.15, -0.1) is 16.4 Å². The van der Waals surface area contributed by atoms with Crippen LogP contribution in [0.2, 0.25) is 0 Å². The molecular formula is C21H24N4O2S. The lowest BCUT2D eigenvalue weighted by Crippen LogP contribution is -2.31. The fourth-order valence-electron chi connectivity index (χ4n) is 4.09. The number of rotatable bonds is 3. The first-order valence-corrected chi connectivity index (χ1v) is 10.4. The summed E-state index contributed by atoms with van der Waals surface area (Å²) in [4.78, 5) is 27.5. The van der Waals surface area contributed by atoms with Gasteiger partial charge in [-0.25, -0.2) is 4.68 Å². The molecule has 1 amide bonds. The molecule has 1 aliphatic carbocycles. The zero-order valence-corrected chi connectivity index (χ0v) is 17.4. The highest BCUT2D eigenvalue weighted by Crippen LogP contribution is 2.35. The van der Waals surface area contributed by atoms with Gasteiger partial charge in [-0.05, 0) is 62.6 Å². The highest BCUT2D eigenvalue weighted by molar-refractivity contribution is 7.18. The fourth-order valence-corrected chi connectivity index (χ4v) is 5.41. The van der Waals surface area contributed by atoms with E-state index in [9.17, 15) is 9.59 Å². The number of nitrogens with zero attached hydrogens (tertiary/aromatic N) is 3. The van der Waals surface area contributed by atoms with Crippen LogP contribution in [0.5, 0.6) is 0 Å². The minimum atomic E-state index is -0.275. The van der Waals surface area contributed by atoms with Gasteiger partial charge in [0.2, 0.25) is 5.91 Å². The number of hydrogen-bond donors (Lipinski definition) is 1. The van der Waals surface area contributed by atoms with E-state index < -0.39 is 0 Å². The van der Waals surface area contributed by atoms with Crippen LogP contribution in [0, 0.1) is 26.7 Å². The molecule has 2 aromatic heterocycles. The van der Waals surface area contributed by atoms with Gasteiger partial charge in [0, 0.05) is 10.6 Å². The number of carbonyl (C=O) groups excluding carboxylic acids is 1. The first kappa shape index (κ1) is 18.8. The summed E-state index contributed by atoms with van der Waals surface area (Å²) < 4.78 is 1.18. The molecule has 0 spiro atoms. The van der Waals surface area contributed by atoms with Crippen LogP contribution in [0.15, 0.2) is 16.9 Å². The molecule has 6 nitrogen and oxygen atoms in total. The van der Waals surface area contributed by atoms with E-state index in [2.05, 4.69) is 22.6 Å². The molecule has 7 heteroatoms.